The van der Waals surface area contributed by atoms with Gasteiger partial charge in [0, 0.05) is 37.0 Å². The minimum Gasteiger partial charge on any atom is -0.487 e. The first kappa shape index (κ1) is 30.0. The molecule has 3 aromatic carbocycles. The molecular weight excluding hydrogens is 576 g/mol. The predicted octanol–water partition coefficient (Wildman–Crippen LogP) is 3.60. The molecule has 2 heterocycles. The summed E-state index contributed by atoms with van der Waals surface area (Å²) < 4.78 is 45.4. The molecule has 2 aliphatic rings. The number of hydrogen-bond donors (Lipinski definition) is 3. The monoisotopic (exact) mass is 610 g/mol. The van der Waals surface area contributed by atoms with Gasteiger partial charge < -0.3 is 34.4 Å². The largest absolute Gasteiger partial charge is 0.487 e. The summed E-state index contributed by atoms with van der Waals surface area (Å²) in [7, 11) is -2.27. The molecule has 0 bridgehead atoms. The van der Waals surface area contributed by atoms with Crippen molar-refractivity contribution in [2.45, 2.75) is 30.9 Å². The van der Waals surface area contributed by atoms with Crippen molar-refractivity contribution in [3.05, 3.63) is 72.3 Å². The minimum atomic E-state index is -3.90. The molecule has 13 heteroatoms. The number of carbonyl (C=O) groups is 2. The molecule has 0 aliphatic carbocycles. The number of urea groups is 1. The third kappa shape index (κ3) is 6.62. The van der Waals surface area contributed by atoms with Crippen molar-refractivity contribution in [3.8, 4) is 17.2 Å². The van der Waals surface area contributed by atoms with Crippen molar-refractivity contribution in [1.29, 1.82) is 0 Å². The van der Waals surface area contributed by atoms with Crippen LogP contribution >= 0.6 is 0 Å². The maximum Gasteiger partial charge on any atom is 0.321 e. The van der Waals surface area contributed by atoms with Gasteiger partial charge in [0.05, 0.1) is 29.7 Å². The van der Waals surface area contributed by atoms with Crippen LogP contribution in [0.4, 0.5) is 16.2 Å². The second-order valence-corrected chi connectivity index (χ2v) is 12.3. The van der Waals surface area contributed by atoms with Crippen LogP contribution in [0.15, 0.2) is 71.6 Å². The number of likely N-dealkylation sites (N-methyl/N-ethyl adjacent to an activating group) is 1. The molecule has 228 valence electrons. The van der Waals surface area contributed by atoms with Crippen LogP contribution in [0.25, 0.3) is 0 Å². The lowest BCUT2D eigenvalue weighted by atomic mass is 9.99. The number of aliphatic hydroxyl groups excluding tert-OH is 1. The lowest BCUT2D eigenvalue weighted by Gasteiger charge is -2.38. The van der Waals surface area contributed by atoms with Gasteiger partial charge in [-0.25, -0.2) is 13.2 Å². The molecule has 3 atom stereocenters. The average molecular weight is 611 g/mol. The summed E-state index contributed by atoms with van der Waals surface area (Å²) in [5.74, 6) is 0.750. The van der Waals surface area contributed by atoms with E-state index in [9.17, 15) is 23.1 Å². The second-order valence-electron chi connectivity index (χ2n) is 10.6. The van der Waals surface area contributed by atoms with Crippen LogP contribution in [0.3, 0.4) is 0 Å². The number of amides is 3. The van der Waals surface area contributed by atoms with E-state index in [0.717, 1.165) is 0 Å². The first-order chi connectivity index (χ1) is 20.6. The lowest BCUT2D eigenvalue weighted by molar-refractivity contribution is 0.0371. The van der Waals surface area contributed by atoms with E-state index in [4.69, 9.17) is 14.2 Å². The number of anilines is 2. The molecule has 0 aromatic heterocycles. The molecule has 0 saturated carbocycles. The van der Waals surface area contributed by atoms with E-state index in [0.29, 0.717) is 17.2 Å². The fourth-order valence-electron chi connectivity index (χ4n) is 4.86. The molecule has 0 fully saturated rings. The molecule has 0 saturated heterocycles. The highest BCUT2D eigenvalue weighted by Gasteiger charge is 2.34. The topological polar surface area (TPSA) is 147 Å². The van der Waals surface area contributed by atoms with Gasteiger partial charge in [-0.2, -0.15) is 0 Å². The van der Waals surface area contributed by atoms with E-state index in [-0.39, 0.29) is 60.3 Å². The number of fused-ring (bicyclic) bond motifs is 2. The van der Waals surface area contributed by atoms with Gasteiger partial charge in [-0.15, -0.1) is 0 Å². The van der Waals surface area contributed by atoms with E-state index < -0.39 is 28.1 Å². The molecule has 43 heavy (non-hydrogen) atoms. The highest BCUT2D eigenvalue weighted by molar-refractivity contribution is 7.92. The summed E-state index contributed by atoms with van der Waals surface area (Å²) in [6.45, 7) is 3.91. The van der Waals surface area contributed by atoms with E-state index in [1.54, 1.807) is 55.3 Å². The molecule has 0 unspecified atom stereocenters. The fraction of sp³-hybridized carbons (Fsp3) is 0.333. The van der Waals surface area contributed by atoms with Gasteiger partial charge in [0.2, 0.25) is 6.79 Å². The van der Waals surface area contributed by atoms with Crippen molar-refractivity contribution in [2.24, 2.45) is 5.92 Å². The van der Waals surface area contributed by atoms with Gasteiger partial charge in [0.1, 0.15) is 11.9 Å². The zero-order valence-electron chi connectivity index (χ0n) is 24.0. The second kappa shape index (κ2) is 12.4. The Bertz CT molecular complexity index is 1600. The number of sulfonamides is 1. The average Bonchev–Trinajstić information content (AvgIpc) is 3.47. The van der Waals surface area contributed by atoms with Gasteiger partial charge in [-0.05, 0) is 49.4 Å². The summed E-state index contributed by atoms with van der Waals surface area (Å²) in [5, 5.41) is 12.8. The SMILES string of the molecule is C[C@@H]1CN([C@H](C)CO)C(=O)c2cc(NS(=O)(=O)c3ccccc3)ccc2O[C@H]1CN(C)C(=O)Nc1ccc2c(c1)OCO2. The van der Waals surface area contributed by atoms with Crippen molar-refractivity contribution in [2.75, 3.05) is 43.6 Å². The van der Waals surface area contributed by atoms with Crippen molar-refractivity contribution in [3.63, 3.8) is 0 Å². The maximum atomic E-state index is 13.7. The molecule has 0 spiro atoms. The zero-order chi connectivity index (χ0) is 30.7. The van der Waals surface area contributed by atoms with E-state index >= 15 is 0 Å². The number of benzene rings is 3. The Morgan fingerprint density at radius 1 is 1.05 bits per heavy atom. The first-order valence-corrected chi connectivity index (χ1v) is 15.3. The molecule has 12 nitrogen and oxygen atoms in total. The molecule has 3 aromatic rings. The zero-order valence-corrected chi connectivity index (χ0v) is 24.8. The Hall–Kier alpha value is -4.49. The van der Waals surface area contributed by atoms with Crippen LogP contribution in [0, 0.1) is 5.92 Å². The van der Waals surface area contributed by atoms with Crippen molar-refractivity contribution >= 4 is 33.3 Å². The number of hydrogen-bond acceptors (Lipinski definition) is 8. The number of nitrogens with one attached hydrogen (secondary N) is 2. The fourth-order valence-corrected chi connectivity index (χ4v) is 5.93. The third-order valence-electron chi connectivity index (χ3n) is 7.39. The number of rotatable bonds is 8. The summed E-state index contributed by atoms with van der Waals surface area (Å²) in [4.78, 5) is 29.9. The Morgan fingerprint density at radius 3 is 2.49 bits per heavy atom. The smallest absolute Gasteiger partial charge is 0.321 e. The minimum absolute atomic E-state index is 0.0794. The Balaban J connectivity index is 1.38. The van der Waals surface area contributed by atoms with Crippen LogP contribution in [-0.2, 0) is 10.0 Å². The molecule has 0 radical (unpaired) electrons. The summed E-state index contributed by atoms with van der Waals surface area (Å²) in [6, 6.07) is 16.6. The van der Waals surface area contributed by atoms with Gasteiger partial charge in [-0.1, -0.05) is 25.1 Å². The lowest BCUT2D eigenvalue weighted by Crippen LogP contribution is -2.50. The third-order valence-corrected chi connectivity index (χ3v) is 8.79. The number of carbonyl (C=O) groups excluding carboxylic acids is 2. The summed E-state index contributed by atoms with van der Waals surface area (Å²) >= 11 is 0. The Morgan fingerprint density at radius 2 is 1.74 bits per heavy atom. The maximum absolute atomic E-state index is 13.7. The molecule has 5 rings (SSSR count). The number of ether oxygens (including phenoxy) is 3. The van der Waals surface area contributed by atoms with E-state index in [1.807, 2.05) is 6.92 Å². The van der Waals surface area contributed by atoms with Crippen LogP contribution in [0.5, 0.6) is 17.2 Å². The van der Waals surface area contributed by atoms with Gasteiger partial charge in [0.25, 0.3) is 15.9 Å². The van der Waals surface area contributed by atoms with Crippen LogP contribution in [-0.4, -0.2) is 80.9 Å². The molecule has 3 N–H and O–H groups in total. The van der Waals surface area contributed by atoms with Crippen LogP contribution in [0.2, 0.25) is 0 Å². The van der Waals surface area contributed by atoms with Crippen LogP contribution < -0.4 is 24.2 Å². The Labute approximate surface area is 250 Å². The van der Waals surface area contributed by atoms with Gasteiger partial charge >= 0.3 is 6.03 Å². The molecule has 3 amide bonds. The van der Waals surface area contributed by atoms with Crippen LogP contribution in [0.1, 0.15) is 24.2 Å². The van der Waals surface area contributed by atoms with Crippen molar-refractivity contribution in [1.82, 2.24) is 9.80 Å². The quantitative estimate of drug-likeness (QED) is 0.351. The van der Waals surface area contributed by atoms with Gasteiger partial charge in [0.15, 0.2) is 11.5 Å². The molecule has 2 aliphatic heterocycles. The Kier molecular flexibility index (Phi) is 8.64. The summed E-state index contributed by atoms with van der Waals surface area (Å²) in [5.41, 5.74) is 0.858. The highest BCUT2D eigenvalue weighted by atomic mass is 32.2. The number of aliphatic hydroxyl groups is 1. The highest BCUT2D eigenvalue weighted by Crippen LogP contribution is 2.35. The normalized spacial score (nSPS) is 18.5. The number of nitrogens with zero attached hydrogens (tertiary/aromatic N) is 2. The van der Waals surface area contributed by atoms with Crippen molar-refractivity contribution < 1.29 is 37.3 Å². The first-order valence-electron chi connectivity index (χ1n) is 13.8. The molecular formula is C30H34N4O8S. The predicted molar refractivity (Wildman–Crippen MR) is 159 cm³/mol. The standard InChI is InChI=1S/C30H34N4O8S/c1-19-15-34(20(2)17-35)29(36)24-13-22(32-43(38,39)23-7-5-4-6-8-23)10-11-25(24)42-28(19)16-33(3)30(37)31-21-9-12-26-27(14-21)41-18-40-26/h4-14,19-20,28,32,35H,15-18H2,1-3H3,(H,31,37)/t19-,20-,28+/m1/s1. The van der Waals surface area contributed by atoms with E-state index in [2.05, 4.69) is 10.0 Å². The van der Waals surface area contributed by atoms with E-state index in [1.165, 1.54) is 35.2 Å². The van der Waals surface area contributed by atoms with Gasteiger partial charge in [-0.3, -0.25) is 9.52 Å². The summed E-state index contributed by atoms with van der Waals surface area (Å²) in [6.07, 6.45) is -0.542.